The molecule has 0 atom stereocenters. The smallest absolute Gasteiger partial charge is 0.161 e. The van der Waals surface area contributed by atoms with Crippen LogP contribution in [0.1, 0.15) is 19.4 Å². The zero-order valence-electron chi connectivity index (χ0n) is 14.2. The zero-order chi connectivity index (χ0) is 16.7. The van der Waals surface area contributed by atoms with Crippen LogP contribution in [0.25, 0.3) is 0 Å². The van der Waals surface area contributed by atoms with Crippen LogP contribution in [0.15, 0.2) is 42.5 Å². The molecule has 0 aliphatic carbocycles. The summed E-state index contributed by atoms with van der Waals surface area (Å²) in [6, 6.07) is 13.5. The first-order valence-electron chi connectivity index (χ1n) is 7.76. The van der Waals surface area contributed by atoms with E-state index in [9.17, 15) is 0 Å². The second-order valence-corrected chi connectivity index (χ2v) is 5.46. The predicted molar refractivity (Wildman–Crippen MR) is 90.9 cm³/mol. The van der Waals surface area contributed by atoms with Crippen molar-refractivity contribution in [2.24, 2.45) is 0 Å². The molecule has 0 saturated carbocycles. The normalized spacial score (nSPS) is 10.5. The molecule has 0 radical (unpaired) electrons. The zero-order valence-corrected chi connectivity index (χ0v) is 14.2. The maximum atomic E-state index is 5.77. The quantitative estimate of drug-likeness (QED) is 0.682. The number of benzene rings is 2. The largest absolute Gasteiger partial charge is 0.493 e. The Labute approximate surface area is 137 Å². The minimum absolute atomic E-state index is 0.104. The van der Waals surface area contributed by atoms with Crippen LogP contribution in [-0.4, -0.2) is 26.4 Å². The molecular weight excluding hydrogens is 292 g/mol. The highest BCUT2D eigenvalue weighted by atomic mass is 16.6. The first-order chi connectivity index (χ1) is 11.1. The van der Waals surface area contributed by atoms with Crippen LogP contribution in [-0.2, 0) is 0 Å². The molecule has 0 saturated heterocycles. The summed E-state index contributed by atoms with van der Waals surface area (Å²) in [4.78, 5) is 0. The van der Waals surface area contributed by atoms with Gasteiger partial charge in [-0.3, -0.25) is 0 Å². The molecule has 0 N–H and O–H groups in total. The summed E-state index contributed by atoms with van der Waals surface area (Å²) in [7, 11) is 1.64. The summed E-state index contributed by atoms with van der Waals surface area (Å²) in [5, 5.41) is 0. The van der Waals surface area contributed by atoms with Gasteiger partial charge in [0.1, 0.15) is 13.2 Å². The molecule has 4 nitrogen and oxygen atoms in total. The first-order valence-corrected chi connectivity index (χ1v) is 7.76. The van der Waals surface area contributed by atoms with Crippen molar-refractivity contribution < 1.29 is 18.9 Å². The third-order valence-corrected chi connectivity index (χ3v) is 3.13. The van der Waals surface area contributed by atoms with Crippen molar-refractivity contribution in [3.8, 4) is 23.0 Å². The Kier molecular flexibility index (Phi) is 6.15. The maximum Gasteiger partial charge on any atom is 0.161 e. The van der Waals surface area contributed by atoms with Crippen molar-refractivity contribution in [1.82, 2.24) is 0 Å². The number of hydrogen-bond donors (Lipinski definition) is 0. The monoisotopic (exact) mass is 316 g/mol. The molecular formula is C19H24O4. The lowest BCUT2D eigenvalue weighted by atomic mass is 10.2. The van der Waals surface area contributed by atoms with E-state index in [1.807, 2.05) is 63.2 Å². The minimum atomic E-state index is 0.104. The number of para-hydroxylation sites is 2. The summed E-state index contributed by atoms with van der Waals surface area (Å²) in [6.07, 6.45) is 0.104. The molecule has 0 unspecified atom stereocenters. The SMILES string of the molecule is COc1cc(C)ccc1OCCOc1ccccc1OC(C)C. The second-order valence-electron chi connectivity index (χ2n) is 5.46. The van der Waals surface area contributed by atoms with Crippen molar-refractivity contribution in [2.45, 2.75) is 26.9 Å². The highest BCUT2D eigenvalue weighted by Gasteiger charge is 2.07. The van der Waals surface area contributed by atoms with E-state index in [1.165, 1.54) is 0 Å². The molecule has 4 heteroatoms. The van der Waals surface area contributed by atoms with Gasteiger partial charge in [0, 0.05) is 0 Å². The van der Waals surface area contributed by atoms with Crippen LogP contribution in [0.2, 0.25) is 0 Å². The highest BCUT2D eigenvalue weighted by Crippen LogP contribution is 2.29. The Morgan fingerprint density at radius 1 is 0.826 bits per heavy atom. The molecule has 0 aliphatic rings. The van der Waals surface area contributed by atoms with Crippen LogP contribution >= 0.6 is 0 Å². The van der Waals surface area contributed by atoms with E-state index in [2.05, 4.69) is 0 Å². The minimum Gasteiger partial charge on any atom is -0.493 e. The van der Waals surface area contributed by atoms with Gasteiger partial charge in [-0.1, -0.05) is 18.2 Å². The predicted octanol–water partition coefficient (Wildman–Crippen LogP) is 4.25. The van der Waals surface area contributed by atoms with Crippen molar-refractivity contribution in [1.29, 1.82) is 0 Å². The molecule has 124 valence electrons. The molecule has 0 aromatic heterocycles. The van der Waals surface area contributed by atoms with E-state index in [0.717, 1.165) is 22.8 Å². The second kappa shape index (κ2) is 8.32. The van der Waals surface area contributed by atoms with Crippen molar-refractivity contribution >= 4 is 0 Å². The fourth-order valence-corrected chi connectivity index (χ4v) is 2.12. The van der Waals surface area contributed by atoms with Crippen LogP contribution in [0.5, 0.6) is 23.0 Å². The fourth-order valence-electron chi connectivity index (χ4n) is 2.12. The molecule has 0 amide bonds. The lowest BCUT2D eigenvalue weighted by Crippen LogP contribution is -2.11. The van der Waals surface area contributed by atoms with Gasteiger partial charge in [-0.05, 0) is 50.6 Å². The Morgan fingerprint density at radius 2 is 1.43 bits per heavy atom. The van der Waals surface area contributed by atoms with Gasteiger partial charge in [-0.2, -0.15) is 0 Å². The lowest BCUT2D eigenvalue weighted by molar-refractivity contribution is 0.191. The standard InChI is InChI=1S/C19H24O4/c1-14(2)23-18-8-6-5-7-16(18)21-11-12-22-17-10-9-15(3)13-19(17)20-4/h5-10,13-14H,11-12H2,1-4H3. The van der Waals surface area contributed by atoms with E-state index in [1.54, 1.807) is 7.11 Å². The number of methoxy groups -OCH3 is 1. The van der Waals surface area contributed by atoms with Gasteiger partial charge in [0.2, 0.25) is 0 Å². The number of aryl methyl sites for hydroxylation is 1. The van der Waals surface area contributed by atoms with Crippen LogP contribution in [0, 0.1) is 6.92 Å². The van der Waals surface area contributed by atoms with Crippen LogP contribution < -0.4 is 18.9 Å². The number of rotatable bonds is 8. The molecule has 0 aliphatic heterocycles. The van der Waals surface area contributed by atoms with Crippen LogP contribution in [0.4, 0.5) is 0 Å². The molecule has 0 spiro atoms. The van der Waals surface area contributed by atoms with E-state index >= 15 is 0 Å². The van der Waals surface area contributed by atoms with Gasteiger partial charge in [0.15, 0.2) is 23.0 Å². The van der Waals surface area contributed by atoms with E-state index in [4.69, 9.17) is 18.9 Å². The molecule has 23 heavy (non-hydrogen) atoms. The average molecular weight is 316 g/mol. The van der Waals surface area contributed by atoms with Gasteiger partial charge in [-0.25, -0.2) is 0 Å². The van der Waals surface area contributed by atoms with Gasteiger partial charge >= 0.3 is 0 Å². The van der Waals surface area contributed by atoms with Crippen molar-refractivity contribution in [3.63, 3.8) is 0 Å². The topological polar surface area (TPSA) is 36.9 Å². The molecule has 0 fully saturated rings. The average Bonchev–Trinajstić information content (AvgIpc) is 2.53. The lowest BCUT2D eigenvalue weighted by Gasteiger charge is -2.15. The fraction of sp³-hybridized carbons (Fsp3) is 0.368. The van der Waals surface area contributed by atoms with E-state index in [0.29, 0.717) is 19.0 Å². The van der Waals surface area contributed by atoms with Gasteiger partial charge in [0.25, 0.3) is 0 Å². The molecule has 2 aromatic rings. The summed E-state index contributed by atoms with van der Waals surface area (Å²) in [5.74, 6) is 2.91. The van der Waals surface area contributed by atoms with E-state index < -0.39 is 0 Å². The van der Waals surface area contributed by atoms with Crippen LogP contribution in [0.3, 0.4) is 0 Å². The first kappa shape index (κ1) is 17.0. The van der Waals surface area contributed by atoms with Gasteiger partial charge < -0.3 is 18.9 Å². The Bertz CT molecular complexity index is 623. The Balaban J connectivity index is 1.89. The highest BCUT2D eigenvalue weighted by molar-refractivity contribution is 5.42. The maximum absolute atomic E-state index is 5.77. The third-order valence-electron chi connectivity index (χ3n) is 3.13. The summed E-state index contributed by atoms with van der Waals surface area (Å²) >= 11 is 0. The third kappa shape index (κ3) is 5.09. The summed E-state index contributed by atoms with van der Waals surface area (Å²) in [6.45, 7) is 6.85. The molecule has 2 aromatic carbocycles. The molecule has 2 rings (SSSR count). The van der Waals surface area contributed by atoms with Crippen molar-refractivity contribution in [3.05, 3.63) is 48.0 Å². The Morgan fingerprint density at radius 3 is 2.04 bits per heavy atom. The summed E-state index contributed by atoms with van der Waals surface area (Å²) < 4.78 is 22.5. The number of ether oxygens (including phenoxy) is 4. The van der Waals surface area contributed by atoms with Crippen molar-refractivity contribution in [2.75, 3.05) is 20.3 Å². The molecule has 0 bridgehead atoms. The number of hydrogen-bond acceptors (Lipinski definition) is 4. The molecule has 0 heterocycles. The summed E-state index contributed by atoms with van der Waals surface area (Å²) in [5.41, 5.74) is 1.13. The van der Waals surface area contributed by atoms with Gasteiger partial charge in [-0.15, -0.1) is 0 Å². The van der Waals surface area contributed by atoms with Gasteiger partial charge in [0.05, 0.1) is 13.2 Å². The van der Waals surface area contributed by atoms with E-state index in [-0.39, 0.29) is 6.10 Å². The Hall–Kier alpha value is -2.36.